The molecule has 3 rings (SSSR count). The molecule has 1 atom stereocenters. The summed E-state index contributed by atoms with van der Waals surface area (Å²) in [6.07, 6.45) is 3.18. The SMILES string of the molecule is CC(C)[C@H](NC(=O)c1ccc2c(c1)OCCO2)C(=O)Nc1ccncc1. The number of hydrogen-bond donors (Lipinski definition) is 2. The first-order valence-electron chi connectivity index (χ1n) is 8.46. The number of anilines is 1. The van der Waals surface area contributed by atoms with Crippen LogP contribution < -0.4 is 20.1 Å². The Bertz CT molecular complexity index is 793. The Hall–Kier alpha value is -3.09. The van der Waals surface area contributed by atoms with Crippen molar-refractivity contribution in [2.24, 2.45) is 5.92 Å². The lowest BCUT2D eigenvalue weighted by Crippen LogP contribution is -2.47. The summed E-state index contributed by atoms with van der Waals surface area (Å²) in [6.45, 7) is 4.69. The van der Waals surface area contributed by atoms with E-state index in [-0.39, 0.29) is 17.7 Å². The highest BCUT2D eigenvalue weighted by atomic mass is 16.6. The van der Waals surface area contributed by atoms with Crippen LogP contribution in [0, 0.1) is 5.92 Å². The van der Waals surface area contributed by atoms with Gasteiger partial charge in [0, 0.05) is 23.6 Å². The molecule has 1 aromatic carbocycles. The van der Waals surface area contributed by atoms with Crippen molar-refractivity contribution in [2.75, 3.05) is 18.5 Å². The Morgan fingerprint density at radius 3 is 2.42 bits per heavy atom. The van der Waals surface area contributed by atoms with Gasteiger partial charge in [0.1, 0.15) is 19.3 Å². The molecule has 0 radical (unpaired) electrons. The zero-order valence-electron chi connectivity index (χ0n) is 14.7. The molecule has 0 bridgehead atoms. The predicted octanol–water partition coefficient (Wildman–Crippen LogP) is 2.25. The second-order valence-corrected chi connectivity index (χ2v) is 6.28. The third kappa shape index (κ3) is 4.11. The second kappa shape index (κ2) is 7.86. The predicted molar refractivity (Wildman–Crippen MR) is 96.4 cm³/mol. The van der Waals surface area contributed by atoms with Gasteiger partial charge in [-0.1, -0.05) is 13.8 Å². The number of aromatic nitrogens is 1. The van der Waals surface area contributed by atoms with Crippen LogP contribution in [0.15, 0.2) is 42.7 Å². The highest BCUT2D eigenvalue weighted by Crippen LogP contribution is 2.30. The van der Waals surface area contributed by atoms with Gasteiger partial charge in [0.15, 0.2) is 11.5 Å². The minimum atomic E-state index is -0.677. The topological polar surface area (TPSA) is 89.5 Å². The number of nitrogens with one attached hydrogen (secondary N) is 2. The molecule has 2 aromatic rings. The molecule has 0 fully saturated rings. The van der Waals surface area contributed by atoms with Crippen LogP contribution in [0.1, 0.15) is 24.2 Å². The second-order valence-electron chi connectivity index (χ2n) is 6.28. The van der Waals surface area contributed by atoms with Gasteiger partial charge in [0.25, 0.3) is 5.91 Å². The Labute approximate surface area is 151 Å². The van der Waals surface area contributed by atoms with E-state index in [1.54, 1.807) is 42.7 Å². The third-order valence-corrected chi connectivity index (χ3v) is 3.99. The highest BCUT2D eigenvalue weighted by Gasteiger charge is 2.25. The van der Waals surface area contributed by atoms with Gasteiger partial charge in [-0.05, 0) is 36.2 Å². The minimum Gasteiger partial charge on any atom is -0.486 e. The number of nitrogens with zero attached hydrogens (tertiary/aromatic N) is 1. The fraction of sp³-hybridized carbons (Fsp3) is 0.316. The number of carbonyl (C=O) groups excluding carboxylic acids is 2. The molecule has 1 aliphatic heterocycles. The molecule has 0 aliphatic carbocycles. The van der Waals surface area contributed by atoms with Crippen LogP contribution in [0.3, 0.4) is 0 Å². The van der Waals surface area contributed by atoms with Crippen molar-refractivity contribution in [3.8, 4) is 11.5 Å². The molecule has 7 heteroatoms. The van der Waals surface area contributed by atoms with E-state index in [9.17, 15) is 9.59 Å². The van der Waals surface area contributed by atoms with Crippen LogP contribution in [0.25, 0.3) is 0 Å². The van der Waals surface area contributed by atoms with Crippen LogP contribution >= 0.6 is 0 Å². The zero-order valence-corrected chi connectivity index (χ0v) is 14.7. The lowest BCUT2D eigenvalue weighted by Gasteiger charge is -2.22. The smallest absolute Gasteiger partial charge is 0.252 e. The van der Waals surface area contributed by atoms with Gasteiger partial charge in [-0.25, -0.2) is 0 Å². The van der Waals surface area contributed by atoms with Crippen LogP contribution in [0.2, 0.25) is 0 Å². The minimum absolute atomic E-state index is 0.0852. The Morgan fingerprint density at radius 2 is 1.73 bits per heavy atom. The van der Waals surface area contributed by atoms with Crippen molar-refractivity contribution in [3.63, 3.8) is 0 Å². The summed E-state index contributed by atoms with van der Waals surface area (Å²) in [5.74, 6) is 0.440. The average Bonchev–Trinajstić information content (AvgIpc) is 2.66. The number of rotatable bonds is 5. The van der Waals surface area contributed by atoms with Gasteiger partial charge in [-0.2, -0.15) is 0 Å². The third-order valence-electron chi connectivity index (χ3n) is 3.99. The van der Waals surface area contributed by atoms with Crippen LogP contribution in [0.4, 0.5) is 5.69 Å². The van der Waals surface area contributed by atoms with E-state index in [0.717, 1.165) is 0 Å². The molecule has 0 saturated heterocycles. The standard InChI is InChI=1S/C19H21N3O4/c1-12(2)17(19(24)21-14-5-7-20-8-6-14)22-18(23)13-3-4-15-16(11-13)26-10-9-25-15/h3-8,11-12,17H,9-10H2,1-2H3,(H,22,23)(H,20,21,24)/t17-/m0/s1. The number of ether oxygens (including phenoxy) is 2. The molecule has 136 valence electrons. The summed E-state index contributed by atoms with van der Waals surface area (Å²) in [6, 6.07) is 7.69. The van der Waals surface area contributed by atoms with Crippen LogP contribution in [-0.4, -0.2) is 36.1 Å². The molecule has 1 aliphatic rings. The van der Waals surface area contributed by atoms with Gasteiger partial charge in [-0.15, -0.1) is 0 Å². The molecule has 0 unspecified atom stereocenters. The largest absolute Gasteiger partial charge is 0.486 e. The molecule has 2 amide bonds. The number of pyridine rings is 1. The number of amides is 2. The van der Waals surface area contributed by atoms with Crippen LogP contribution in [-0.2, 0) is 4.79 Å². The molecule has 7 nitrogen and oxygen atoms in total. The van der Waals surface area contributed by atoms with Gasteiger partial charge < -0.3 is 20.1 Å². The maximum atomic E-state index is 12.6. The quantitative estimate of drug-likeness (QED) is 0.859. The van der Waals surface area contributed by atoms with E-state index in [1.165, 1.54) is 0 Å². The van der Waals surface area contributed by atoms with Crippen molar-refractivity contribution in [1.29, 1.82) is 0 Å². The Balaban J connectivity index is 1.71. The summed E-state index contributed by atoms with van der Waals surface area (Å²) < 4.78 is 11.0. The summed E-state index contributed by atoms with van der Waals surface area (Å²) in [5.41, 5.74) is 1.04. The van der Waals surface area contributed by atoms with Crippen molar-refractivity contribution in [1.82, 2.24) is 10.3 Å². The van der Waals surface area contributed by atoms with Gasteiger partial charge in [-0.3, -0.25) is 14.6 Å². The number of fused-ring (bicyclic) bond motifs is 1. The monoisotopic (exact) mass is 355 g/mol. The molecule has 2 heterocycles. The summed E-state index contributed by atoms with van der Waals surface area (Å²) in [4.78, 5) is 29.1. The van der Waals surface area contributed by atoms with E-state index in [1.807, 2.05) is 13.8 Å². The maximum Gasteiger partial charge on any atom is 0.252 e. The van der Waals surface area contributed by atoms with Crippen LogP contribution in [0.5, 0.6) is 11.5 Å². The summed E-state index contributed by atoms with van der Waals surface area (Å²) >= 11 is 0. The average molecular weight is 355 g/mol. The normalized spacial score (nSPS) is 13.8. The van der Waals surface area contributed by atoms with E-state index < -0.39 is 6.04 Å². The van der Waals surface area contributed by atoms with Crippen molar-refractivity contribution in [3.05, 3.63) is 48.3 Å². The fourth-order valence-corrected chi connectivity index (χ4v) is 2.60. The van der Waals surface area contributed by atoms with E-state index in [4.69, 9.17) is 9.47 Å². The van der Waals surface area contributed by atoms with Crippen molar-refractivity contribution in [2.45, 2.75) is 19.9 Å². The fourth-order valence-electron chi connectivity index (χ4n) is 2.60. The first-order valence-corrected chi connectivity index (χ1v) is 8.46. The lowest BCUT2D eigenvalue weighted by atomic mass is 10.0. The van der Waals surface area contributed by atoms with Crippen molar-refractivity contribution >= 4 is 17.5 Å². The first kappa shape index (κ1) is 17.7. The van der Waals surface area contributed by atoms with Gasteiger partial charge >= 0.3 is 0 Å². The molecule has 0 saturated carbocycles. The molecule has 26 heavy (non-hydrogen) atoms. The van der Waals surface area contributed by atoms with E-state index >= 15 is 0 Å². The number of benzene rings is 1. The van der Waals surface area contributed by atoms with E-state index in [2.05, 4.69) is 15.6 Å². The molecule has 1 aromatic heterocycles. The maximum absolute atomic E-state index is 12.6. The molecular weight excluding hydrogens is 334 g/mol. The summed E-state index contributed by atoms with van der Waals surface area (Å²) in [5, 5.41) is 5.59. The van der Waals surface area contributed by atoms with E-state index in [0.29, 0.717) is 36.0 Å². The number of hydrogen-bond acceptors (Lipinski definition) is 5. The Morgan fingerprint density at radius 1 is 1.04 bits per heavy atom. The van der Waals surface area contributed by atoms with Gasteiger partial charge in [0.2, 0.25) is 5.91 Å². The highest BCUT2D eigenvalue weighted by molar-refractivity contribution is 6.01. The summed E-state index contributed by atoms with van der Waals surface area (Å²) in [7, 11) is 0. The van der Waals surface area contributed by atoms with Gasteiger partial charge in [0.05, 0.1) is 0 Å². The first-order chi connectivity index (χ1) is 12.5. The molecular formula is C19H21N3O4. The molecule has 0 spiro atoms. The zero-order chi connectivity index (χ0) is 18.5. The number of carbonyl (C=O) groups is 2. The lowest BCUT2D eigenvalue weighted by molar-refractivity contribution is -0.118. The van der Waals surface area contributed by atoms with Crippen molar-refractivity contribution < 1.29 is 19.1 Å². The Kier molecular flexibility index (Phi) is 5.36. The molecule has 2 N–H and O–H groups in total.